The van der Waals surface area contributed by atoms with E-state index in [2.05, 4.69) is 9.47 Å². The van der Waals surface area contributed by atoms with Gasteiger partial charge in [-0.1, -0.05) is 13.0 Å². The maximum atomic E-state index is 11.3. The topological polar surface area (TPSA) is 55.8 Å². The lowest BCUT2D eigenvalue weighted by molar-refractivity contribution is -0.136. The molecule has 0 spiro atoms. The summed E-state index contributed by atoms with van der Waals surface area (Å²) >= 11 is 0. The fourth-order valence-electron chi connectivity index (χ4n) is 1.21. The Labute approximate surface area is 87.9 Å². The molecule has 0 saturated carbocycles. The van der Waals surface area contributed by atoms with Gasteiger partial charge >= 0.3 is 12.1 Å². The van der Waals surface area contributed by atoms with Gasteiger partial charge in [0.15, 0.2) is 0 Å². The van der Waals surface area contributed by atoms with Crippen molar-refractivity contribution in [2.24, 2.45) is 5.92 Å². The van der Waals surface area contributed by atoms with E-state index < -0.39 is 12.1 Å². The molecule has 0 saturated heterocycles. The molecule has 0 radical (unpaired) electrons. The van der Waals surface area contributed by atoms with E-state index in [9.17, 15) is 9.59 Å². The van der Waals surface area contributed by atoms with Gasteiger partial charge in [-0.05, 0) is 0 Å². The molecule has 82 valence electrons. The van der Waals surface area contributed by atoms with Crippen LogP contribution in [-0.2, 0) is 14.3 Å². The van der Waals surface area contributed by atoms with Crippen molar-refractivity contribution in [3.05, 3.63) is 24.0 Å². The lowest BCUT2D eigenvalue weighted by Gasteiger charge is -2.21. The molecule has 1 rings (SSSR count). The molecule has 1 atom stereocenters. The Hall–Kier alpha value is -1.78. The number of nitrogens with zero attached hydrogens (tertiary/aromatic N) is 1. The fraction of sp³-hybridized carbons (Fsp3) is 0.400. The third-order valence-corrected chi connectivity index (χ3v) is 2.11. The molecule has 0 aliphatic carbocycles. The smallest absolute Gasteiger partial charge is 0.417 e. The summed E-state index contributed by atoms with van der Waals surface area (Å²) in [5.74, 6) is -0.515. The fourth-order valence-corrected chi connectivity index (χ4v) is 1.21. The number of allylic oxidation sites excluding steroid dienone is 1. The van der Waals surface area contributed by atoms with Gasteiger partial charge in [0.2, 0.25) is 0 Å². The zero-order valence-corrected chi connectivity index (χ0v) is 8.89. The van der Waals surface area contributed by atoms with E-state index >= 15 is 0 Å². The van der Waals surface area contributed by atoms with Crippen molar-refractivity contribution in [3.8, 4) is 0 Å². The summed E-state index contributed by atoms with van der Waals surface area (Å²) in [5.41, 5.74) is 0.422. The quantitative estimate of drug-likeness (QED) is 0.613. The Bertz CT molecular complexity index is 332. The highest BCUT2D eigenvalue weighted by Crippen LogP contribution is 2.20. The largest absolute Gasteiger partial charge is 0.466 e. The second-order valence-electron chi connectivity index (χ2n) is 3.08. The van der Waals surface area contributed by atoms with Crippen molar-refractivity contribution < 1.29 is 19.1 Å². The molecule has 15 heavy (non-hydrogen) atoms. The van der Waals surface area contributed by atoms with Gasteiger partial charge in [0, 0.05) is 18.3 Å². The maximum absolute atomic E-state index is 11.3. The van der Waals surface area contributed by atoms with E-state index in [-0.39, 0.29) is 5.92 Å². The van der Waals surface area contributed by atoms with Gasteiger partial charge in [0.1, 0.15) is 0 Å². The molecule has 1 aliphatic heterocycles. The monoisotopic (exact) mass is 211 g/mol. The lowest BCUT2D eigenvalue weighted by atomic mass is 10.0. The second kappa shape index (κ2) is 4.63. The van der Waals surface area contributed by atoms with Crippen LogP contribution in [0.5, 0.6) is 0 Å². The van der Waals surface area contributed by atoms with Crippen LogP contribution in [0.4, 0.5) is 4.79 Å². The highest BCUT2D eigenvalue weighted by molar-refractivity contribution is 5.90. The van der Waals surface area contributed by atoms with Crippen molar-refractivity contribution in [3.63, 3.8) is 0 Å². The van der Waals surface area contributed by atoms with Gasteiger partial charge in [0.05, 0.1) is 19.8 Å². The van der Waals surface area contributed by atoms with Crippen LogP contribution < -0.4 is 0 Å². The number of carbonyl (C=O) groups excluding carboxylic acids is 2. The number of esters is 1. The van der Waals surface area contributed by atoms with Gasteiger partial charge in [-0.25, -0.2) is 9.59 Å². The van der Waals surface area contributed by atoms with Crippen LogP contribution in [0, 0.1) is 5.92 Å². The molecule has 0 fully saturated rings. The molecule has 1 aliphatic rings. The Morgan fingerprint density at radius 1 is 1.33 bits per heavy atom. The Morgan fingerprint density at radius 3 is 2.53 bits per heavy atom. The minimum Gasteiger partial charge on any atom is -0.466 e. The highest BCUT2D eigenvalue weighted by Gasteiger charge is 2.22. The van der Waals surface area contributed by atoms with Gasteiger partial charge in [-0.15, -0.1) is 0 Å². The van der Waals surface area contributed by atoms with Crippen LogP contribution in [0.3, 0.4) is 0 Å². The van der Waals surface area contributed by atoms with Gasteiger partial charge < -0.3 is 9.47 Å². The number of ether oxygens (including phenoxy) is 2. The van der Waals surface area contributed by atoms with Gasteiger partial charge in [0.25, 0.3) is 0 Å². The minimum absolute atomic E-state index is 0.0710. The van der Waals surface area contributed by atoms with Crippen molar-refractivity contribution in [2.45, 2.75) is 6.92 Å². The Balaban J connectivity index is 2.89. The first-order chi connectivity index (χ1) is 7.10. The minimum atomic E-state index is -0.542. The summed E-state index contributed by atoms with van der Waals surface area (Å²) in [6.07, 6.45) is 4.16. The Morgan fingerprint density at radius 2 is 2.00 bits per heavy atom. The zero-order chi connectivity index (χ0) is 11.4. The summed E-state index contributed by atoms with van der Waals surface area (Å²) in [6, 6.07) is 0. The summed E-state index contributed by atoms with van der Waals surface area (Å²) in [5, 5.41) is 0. The SMILES string of the molecule is COC(=O)C1=CN(C(=O)OC)C=CC1C. The summed E-state index contributed by atoms with van der Waals surface area (Å²) < 4.78 is 9.13. The van der Waals surface area contributed by atoms with Crippen LogP contribution in [0.2, 0.25) is 0 Å². The molecule has 5 heteroatoms. The number of carbonyl (C=O) groups is 2. The standard InChI is InChI=1S/C10H13NO4/c1-7-4-5-11(10(13)15-3)6-8(7)9(12)14-2/h4-7H,1-3H3. The van der Waals surface area contributed by atoms with Crippen molar-refractivity contribution in [1.29, 1.82) is 0 Å². The van der Waals surface area contributed by atoms with Crippen LogP contribution in [0.1, 0.15) is 6.92 Å². The molecule has 0 aromatic heterocycles. The molecule has 0 bridgehead atoms. The highest BCUT2D eigenvalue weighted by atomic mass is 16.5. The molecule has 0 N–H and O–H groups in total. The second-order valence-corrected chi connectivity index (χ2v) is 3.08. The van der Waals surface area contributed by atoms with E-state index in [0.29, 0.717) is 5.57 Å². The lowest BCUT2D eigenvalue weighted by Crippen LogP contribution is -2.26. The third-order valence-electron chi connectivity index (χ3n) is 2.11. The predicted molar refractivity (Wildman–Crippen MR) is 52.6 cm³/mol. The van der Waals surface area contributed by atoms with Gasteiger partial charge in [-0.3, -0.25) is 4.90 Å². The number of hydrogen-bond donors (Lipinski definition) is 0. The number of amides is 1. The molecule has 1 heterocycles. The average Bonchev–Trinajstić information content (AvgIpc) is 2.27. The number of methoxy groups -OCH3 is 2. The van der Waals surface area contributed by atoms with Crippen molar-refractivity contribution in [2.75, 3.05) is 14.2 Å². The normalized spacial score (nSPS) is 19.5. The predicted octanol–water partition coefficient (Wildman–Crippen LogP) is 1.28. The molecule has 0 aromatic carbocycles. The summed E-state index contributed by atoms with van der Waals surface area (Å²) in [6.45, 7) is 1.84. The van der Waals surface area contributed by atoms with Crippen LogP contribution >= 0.6 is 0 Å². The third kappa shape index (κ3) is 2.37. The molecular weight excluding hydrogens is 198 g/mol. The molecular formula is C10H13NO4. The first-order valence-corrected chi connectivity index (χ1v) is 4.44. The summed E-state index contributed by atoms with van der Waals surface area (Å²) in [4.78, 5) is 23.7. The zero-order valence-electron chi connectivity index (χ0n) is 8.89. The first kappa shape index (κ1) is 11.3. The molecule has 1 amide bonds. The van der Waals surface area contributed by atoms with E-state index in [1.165, 1.54) is 25.3 Å². The van der Waals surface area contributed by atoms with Crippen molar-refractivity contribution in [1.82, 2.24) is 4.90 Å². The Kier molecular flexibility index (Phi) is 3.49. The van der Waals surface area contributed by atoms with Crippen LogP contribution in [0.15, 0.2) is 24.0 Å². The van der Waals surface area contributed by atoms with Gasteiger partial charge in [-0.2, -0.15) is 0 Å². The average molecular weight is 211 g/mol. The summed E-state index contributed by atoms with van der Waals surface area (Å²) in [7, 11) is 2.58. The number of rotatable bonds is 1. The number of hydrogen-bond acceptors (Lipinski definition) is 4. The first-order valence-electron chi connectivity index (χ1n) is 4.44. The van der Waals surface area contributed by atoms with E-state index in [0.717, 1.165) is 0 Å². The molecule has 5 nitrogen and oxygen atoms in total. The van der Waals surface area contributed by atoms with E-state index in [4.69, 9.17) is 0 Å². The van der Waals surface area contributed by atoms with Crippen LogP contribution in [-0.4, -0.2) is 31.2 Å². The van der Waals surface area contributed by atoms with E-state index in [1.54, 1.807) is 12.3 Å². The maximum Gasteiger partial charge on any atom is 0.417 e. The van der Waals surface area contributed by atoms with Crippen molar-refractivity contribution >= 4 is 12.1 Å². The molecule has 1 unspecified atom stereocenters. The molecule has 0 aromatic rings. The van der Waals surface area contributed by atoms with Crippen LogP contribution in [0.25, 0.3) is 0 Å². The van der Waals surface area contributed by atoms with E-state index in [1.807, 2.05) is 6.92 Å².